The SMILES string of the molecule is CB(C)c1cc(C)cc(Cl)c1. The number of hydrogen-bond donors (Lipinski definition) is 0. The van der Waals surface area contributed by atoms with E-state index in [9.17, 15) is 0 Å². The minimum atomic E-state index is 0.562. The molecule has 0 aliphatic rings. The first-order valence-electron chi connectivity index (χ1n) is 3.86. The van der Waals surface area contributed by atoms with Crippen molar-refractivity contribution in [2.45, 2.75) is 20.6 Å². The molecule has 11 heavy (non-hydrogen) atoms. The van der Waals surface area contributed by atoms with Gasteiger partial charge in [0.2, 0.25) is 0 Å². The molecule has 0 fully saturated rings. The minimum Gasteiger partial charge on any atom is -0.0844 e. The smallest absolute Gasteiger partial charge is 0.0844 e. The molecule has 0 atom stereocenters. The average molecular weight is 166 g/mol. The van der Waals surface area contributed by atoms with Crippen molar-refractivity contribution in [3.8, 4) is 0 Å². The van der Waals surface area contributed by atoms with Gasteiger partial charge in [-0.05, 0) is 19.1 Å². The zero-order valence-electron chi connectivity index (χ0n) is 7.19. The van der Waals surface area contributed by atoms with Crippen LogP contribution in [-0.2, 0) is 0 Å². The molecule has 0 saturated carbocycles. The molecular weight excluding hydrogens is 154 g/mol. The van der Waals surface area contributed by atoms with E-state index in [0.29, 0.717) is 6.71 Å². The summed E-state index contributed by atoms with van der Waals surface area (Å²) in [6, 6.07) is 6.18. The summed E-state index contributed by atoms with van der Waals surface area (Å²) in [5.41, 5.74) is 2.55. The molecule has 1 rings (SSSR count). The molecule has 0 saturated heterocycles. The summed E-state index contributed by atoms with van der Waals surface area (Å²) in [6.07, 6.45) is 0. The van der Waals surface area contributed by atoms with Crippen molar-refractivity contribution in [2.75, 3.05) is 0 Å². The van der Waals surface area contributed by atoms with Gasteiger partial charge in [0.1, 0.15) is 0 Å². The summed E-state index contributed by atoms with van der Waals surface area (Å²) in [7, 11) is 0. The lowest BCUT2D eigenvalue weighted by molar-refractivity contribution is 1.49. The van der Waals surface area contributed by atoms with Crippen LogP contribution in [0.25, 0.3) is 0 Å². The van der Waals surface area contributed by atoms with Crippen molar-refractivity contribution in [1.82, 2.24) is 0 Å². The Kier molecular flexibility index (Phi) is 2.61. The van der Waals surface area contributed by atoms with Crippen molar-refractivity contribution in [3.63, 3.8) is 0 Å². The highest BCUT2D eigenvalue weighted by molar-refractivity contribution is 6.70. The second kappa shape index (κ2) is 3.31. The van der Waals surface area contributed by atoms with Gasteiger partial charge >= 0.3 is 0 Å². The van der Waals surface area contributed by atoms with Gasteiger partial charge in [-0.25, -0.2) is 0 Å². The second-order valence-corrected chi connectivity index (χ2v) is 3.65. The normalized spacial score (nSPS) is 9.82. The maximum absolute atomic E-state index is 5.89. The molecule has 0 unspecified atom stereocenters. The van der Waals surface area contributed by atoms with E-state index in [1.165, 1.54) is 11.0 Å². The van der Waals surface area contributed by atoms with Crippen molar-refractivity contribution in [2.24, 2.45) is 0 Å². The molecule has 0 aromatic heterocycles. The summed E-state index contributed by atoms with van der Waals surface area (Å²) in [4.78, 5) is 0. The van der Waals surface area contributed by atoms with Crippen LogP contribution in [0.1, 0.15) is 5.56 Å². The quantitative estimate of drug-likeness (QED) is 0.563. The highest BCUT2D eigenvalue weighted by Crippen LogP contribution is 2.08. The van der Waals surface area contributed by atoms with Crippen LogP contribution in [0, 0.1) is 6.92 Å². The van der Waals surface area contributed by atoms with E-state index >= 15 is 0 Å². The van der Waals surface area contributed by atoms with Crippen molar-refractivity contribution < 1.29 is 0 Å². The molecule has 0 nitrogen and oxygen atoms in total. The molecule has 2 heteroatoms. The second-order valence-electron chi connectivity index (χ2n) is 3.22. The Labute approximate surface area is 73.7 Å². The van der Waals surface area contributed by atoms with Gasteiger partial charge < -0.3 is 0 Å². The highest BCUT2D eigenvalue weighted by atomic mass is 35.5. The third kappa shape index (κ3) is 2.26. The van der Waals surface area contributed by atoms with Gasteiger partial charge in [-0.1, -0.05) is 42.3 Å². The number of hydrogen-bond acceptors (Lipinski definition) is 0. The summed E-state index contributed by atoms with van der Waals surface area (Å²) in [5.74, 6) is 0. The predicted octanol–water partition coefficient (Wildman–Crippen LogP) is 2.61. The van der Waals surface area contributed by atoms with Gasteiger partial charge in [0, 0.05) is 5.02 Å². The molecule has 0 heterocycles. The van der Waals surface area contributed by atoms with Crippen molar-refractivity contribution in [1.29, 1.82) is 0 Å². The molecule has 0 N–H and O–H groups in total. The molecule has 0 spiro atoms. The lowest BCUT2D eigenvalue weighted by Gasteiger charge is -2.04. The van der Waals surface area contributed by atoms with Crippen LogP contribution < -0.4 is 5.46 Å². The van der Waals surface area contributed by atoms with Crippen molar-refractivity contribution in [3.05, 3.63) is 28.8 Å². The summed E-state index contributed by atoms with van der Waals surface area (Å²) >= 11 is 5.89. The van der Waals surface area contributed by atoms with E-state index in [4.69, 9.17) is 11.6 Å². The van der Waals surface area contributed by atoms with E-state index in [1.54, 1.807) is 0 Å². The molecule has 0 radical (unpaired) electrons. The molecule has 58 valence electrons. The highest BCUT2D eigenvalue weighted by Gasteiger charge is 2.03. The Morgan fingerprint density at radius 3 is 2.27 bits per heavy atom. The average Bonchev–Trinajstić information content (AvgIpc) is 1.85. The predicted molar refractivity (Wildman–Crippen MR) is 53.3 cm³/mol. The largest absolute Gasteiger partial charge is 0.169 e. The zero-order valence-corrected chi connectivity index (χ0v) is 7.94. The third-order valence-electron chi connectivity index (χ3n) is 1.73. The summed E-state index contributed by atoms with van der Waals surface area (Å²) in [5, 5.41) is 0.841. The molecule has 0 aliphatic heterocycles. The number of halogens is 1. The van der Waals surface area contributed by atoms with Crippen LogP contribution in [0.2, 0.25) is 18.7 Å². The van der Waals surface area contributed by atoms with Gasteiger partial charge in [-0.2, -0.15) is 0 Å². The summed E-state index contributed by atoms with van der Waals surface area (Å²) < 4.78 is 0. The van der Waals surface area contributed by atoms with Crippen LogP contribution >= 0.6 is 11.6 Å². The van der Waals surface area contributed by atoms with Crippen molar-refractivity contribution >= 4 is 23.8 Å². The van der Waals surface area contributed by atoms with E-state index in [0.717, 1.165) is 5.02 Å². The Hall–Kier alpha value is -0.425. The molecule has 1 aromatic carbocycles. The van der Waals surface area contributed by atoms with Crippen LogP contribution in [-0.4, -0.2) is 6.71 Å². The first kappa shape index (κ1) is 8.67. The third-order valence-corrected chi connectivity index (χ3v) is 1.95. The molecule has 0 amide bonds. The van der Waals surface area contributed by atoms with E-state index in [1.807, 2.05) is 12.1 Å². The fraction of sp³-hybridized carbons (Fsp3) is 0.333. The zero-order chi connectivity index (χ0) is 8.43. The molecular formula is C9H12BCl. The molecule has 1 aromatic rings. The lowest BCUT2D eigenvalue weighted by atomic mass is 9.49. The standard InChI is InChI=1S/C9H12BCl/c1-7-4-8(10(2)3)6-9(11)5-7/h4-6H,1-3H3. The first-order valence-corrected chi connectivity index (χ1v) is 4.24. The van der Waals surface area contributed by atoms with Gasteiger partial charge in [0.15, 0.2) is 6.71 Å². The van der Waals surface area contributed by atoms with Gasteiger partial charge in [-0.3, -0.25) is 0 Å². The monoisotopic (exact) mass is 166 g/mol. The molecule has 0 bridgehead atoms. The van der Waals surface area contributed by atoms with E-state index in [2.05, 4.69) is 26.6 Å². The molecule has 0 aliphatic carbocycles. The van der Waals surface area contributed by atoms with Crippen LogP contribution in [0.15, 0.2) is 18.2 Å². The first-order chi connectivity index (χ1) is 5.09. The fourth-order valence-electron chi connectivity index (χ4n) is 1.10. The Balaban J connectivity index is 3.08. The fourth-order valence-corrected chi connectivity index (χ4v) is 1.40. The van der Waals surface area contributed by atoms with E-state index in [-0.39, 0.29) is 0 Å². The lowest BCUT2D eigenvalue weighted by Crippen LogP contribution is -2.22. The number of rotatable bonds is 1. The van der Waals surface area contributed by atoms with Gasteiger partial charge in [0.05, 0.1) is 0 Å². The summed E-state index contributed by atoms with van der Waals surface area (Å²) in [6.45, 7) is 6.97. The number of aryl methyl sites for hydroxylation is 1. The van der Waals surface area contributed by atoms with Crippen LogP contribution in [0.5, 0.6) is 0 Å². The Morgan fingerprint density at radius 1 is 1.18 bits per heavy atom. The van der Waals surface area contributed by atoms with E-state index < -0.39 is 0 Å². The minimum absolute atomic E-state index is 0.562. The van der Waals surface area contributed by atoms with Crippen LogP contribution in [0.3, 0.4) is 0 Å². The Bertz CT molecular complexity index is 235. The number of benzene rings is 1. The maximum atomic E-state index is 5.89. The Morgan fingerprint density at radius 2 is 1.82 bits per heavy atom. The van der Waals surface area contributed by atoms with Gasteiger partial charge in [-0.15, -0.1) is 0 Å². The maximum Gasteiger partial charge on any atom is 0.169 e. The topological polar surface area (TPSA) is 0 Å². The van der Waals surface area contributed by atoms with Gasteiger partial charge in [0.25, 0.3) is 0 Å². The van der Waals surface area contributed by atoms with Crippen LogP contribution in [0.4, 0.5) is 0 Å².